The molecule has 0 bridgehead atoms. The van der Waals surface area contributed by atoms with Crippen LogP contribution in [0.25, 0.3) is 10.4 Å². The van der Waals surface area contributed by atoms with Crippen molar-refractivity contribution in [2.45, 2.75) is 26.2 Å². The molecular weight excluding hydrogens is 334 g/mol. The highest BCUT2D eigenvalue weighted by atomic mass is 32.1. The molecule has 6 nitrogen and oxygen atoms in total. The molecule has 0 aliphatic rings. The Labute approximate surface area is 150 Å². The molecule has 3 rings (SSSR count). The molecule has 0 saturated carbocycles. The summed E-state index contributed by atoms with van der Waals surface area (Å²) in [7, 11) is 1.69. The van der Waals surface area contributed by atoms with Gasteiger partial charge in [-0.2, -0.15) is 4.98 Å². The molecule has 0 spiro atoms. The lowest BCUT2D eigenvalue weighted by atomic mass is 9.91. The molecule has 3 aromatic rings. The van der Waals surface area contributed by atoms with Gasteiger partial charge in [-0.3, -0.25) is 4.98 Å². The molecule has 7 heteroatoms. The Hall–Kier alpha value is -2.67. The van der Waals surface area contributed by atoms with E-state index in [1.807, 2.05) is 11.7 Å². The van der Waals surface area contributed by atoms with E-state index in [1.54, 1.807) is 24.6 Å². The van der Waals surface area contributed by atoms with Gasteiger partial charge in [0.2, 0.25) is 5.95 Å². The van der Waals surface area contributed by atoms with Crippen LogP contribution in [0.5, 0.6) is 5.75 Å². The molecule has 2 heterocycles. The van der Waals surface area contributed by atoms with Crippen LogP contribution in [-0.4, -0.2) is 22.1 Å². The smallest absolute Gasteiger partial charge is 0.221 e. The number of ether oxygens (including phenoxy) is 1. The second-order valence-corrected chi connectivity index (χ2v) is 6.97. The van der Waals surface area contributed by atoms with Crippen molar-refractivity contribution in [1.82, 2.24) is 15.0 Å². The topological polar surface area (TPSA) is 99.9 Å². The molecular formula is C18H21N5OS. The summed E-state index contributed by atoms with van der Waals surface area (Å²) < 4.78 is 5.62. The van der Waals surface area contributed by atoms with Crippen LogP contribution >= 0.6 is 11.3 Å². The molecule has 0 aliphatic heterocycles. The quantitative estimate of drug-likeness (QED) is 0.727. The standard InChI is InChI=1S/C18H21N5OS/c1-10(2)13-6-15(24-3)14(16-8-21-9-25-16)5-11(13)4-12-7-22-18(20)23-17(12)19/h5-10H,4H2,1-3H3,(H4,19,20,22,23). The molecule has 2 aromatic heterocycles. The zero-order valence-electron chi connectivity index (χ0n) is 14.5. The van der Waals surface area contributed by atoms with Crippen LogP contribution in [-0.2, 0) is 6.42 Å². The summed E-state index contributed by atoms with van der Waals surface area (Å²) in [4.78, 5) is 13.4. The number of aromatic nitrogens is 3. The lowest BCUT2D eigenvalue weighted by molar-refractivity contribution is 0.415. The molecule has 0 unspecified atom stereocenters. The van der Waals surface area contributed by atoms with Gasteiger partial charge in [0.15, 0.2) is 0 Å². The molecule has 0 atom stereocenters. The predicted molar refractivity (Wildman–Crippen MR) is 102 cm³/mol. The Balaban J connectivity index is 2.11. The number of hydrogen-bond donors (Lipinski definition) is 2. The van der Waals surface area contributed by atoms with Gasteiger partial charge in [0.25, 0.3) is 0 Å². The largest absolute Gasteiger partial charge is 0.496 e. The van der Waals surface area contributed by atoms with E-state index in [0.29, 0.717) is 18.2 Å². The molecule has 4 N–H and O–H groups in total. The van der Waals surface area contributed by atoms with E-state index in [-0.39, 0.29) is 5.95 Å². The first kappa shape index (κ1) is 17.2. The summed E-state index contributed by atoms with van der Waals surface area (Å²) in [5.74, 6) is 1.79. The van der Waals surface area contributed by atoms with Crippen molar-refractivity contribution < 1.29 is 4.74 Å². The van der Waals surface area contributed by atoms with Gasteiger partial charge in [-0.25, -0.2) is 4.98 Å². The normalized spacial score (nSPS) is 11.0. The summed E-state index contributed by atoms with van der Waals surface area (Å²) >= 11 is 1.58. The van der Waals surface area contributed by atoms with Crippen LogP contribution in [0, 0.1) is 0 Å². The predicted octanol–water partition coefficient (Wildman–Crippen LogP) is 3.49. The Morgan fingerprint density at radius 1 is 1.16 bits per heavy atom. The van der Waals surface area contributed by atoms with E-state index in [0.717, 1.165) is 21.8 Å². The SMILES string of the molecule is COc1cc(C(C)C)c(Cc2cnc(N)nc2N)cc1-c1cncs1. The van der Waals surface area contributed by atoms with Gasteiger partial charge in [-0.15, -0.1) is 11.3 Å². The number of methoxy groups -OCH3 is 1. The number of nitrogens with zero attached hydrogens (tertiary/aromatic N) is 3. The summed E-state index contributed by atoms with van der Waals surface area (Å²) in [5, 5.41) is 0. The zero-order chi connectivity index (χ0) is 18.0. The van der Waals surface area contributed by atoms with E-state index in [1.165, 1.54) is 11.1 Å². The van der Waals surface area contributed by atoms with E-state index >= 15 is 0 Å². The van der Waals surface area contributed by atoms with Gasteiger partial charge < -0.3 is 16.2 Å². The average Bonchev–Trinajstić information content (AvgIpc) is 3.11. The molecule has 130 valence electrons. The second kappa shape index (κ2) is 7.06. The molecule has 0 saturated heterocycles. The third-order valence-corrected chi connectivity index (χ3v) is 4.89. The third-order valence-electron chi connectivity index (χ3n) is 4.08. The second-order valence-electron chi connectivity index (χ2n) is 6.09. The first-order chi connectivity index (χ1) is 12.0. The van der Waals surface area contributed by atoms with Crippen molar-refractivity contribution in [3.63, 3.8) is 0 Å². The molecule has 0 amide bonds. The fraction of sp³-hybridized carbons (Fsp3) is 0.278. The van der Waals surface area contributed by atoms with Crippen LogP contribution < -0.4 is 16.2 Å². The third kappa shape index (κ3) is 3.56. The van der Waals surface area contributed by atoms with Crippen molar-refractivity contribution in [1.29, 1.82) is 0 Å². The monoisotopic (exact) mass is 355 g/mol. The highest BCUT2D eigenvalue weighted by Crippen LogP contribution is 2.38. The fourth-order valence-corrected chi connectivity index (χ4v) is 3.46. The molecule has 0 fully saturated rings. The number of rotatable bonds is 5. The van der Waals surface area contributed by atoms with Crippen LogP contribution in [0.3, 0.4) is 0 Å². The summed E-state index contributed by atoms with van der Waals surface area (Å²) in [6.45, 7) is 4.32. The van der Waals surface area contributed by atoms with Gasteiger partial charge in [0.05, 0.1) is 17.5 Å². The maximum absolute atomic E-state index is 6.02. The minimum atomic E-state index is 0.186. The van der Waals surface area contributed by atoms with Gasteiger partial charge in [-0.05, 0) is 29.2 Å². The van der Waals surface area contributed by atoms with Crippen molar-refractivity contribution >= 4 is 23.1 Å². The maximum atomic E-state index is 6.02. The minimum absolute atomic E-state index is 0.186. The zero-order valence-corrected chi connectivity index (χ0v) is 15.3. The van der Waals surface area contributed by atoms with Gasteiger partial charge >= 0.3 is 0 Å². The first-order valence-electron chi connectivity index (χ1n) is 7.96. The van der Waals surface area contributed by atoms with Crippen LogP contribution in [0.1, 0.15) is 36.5 Å². The number of nitrogens with two attached hydrogens (primary N) is 2. The number of benzene rings is 1. The number of thiazole rings is 1. The first-order valence-corrected chi connectivity index (χ1v) is 8.84. The van der Waals surface area contributed by atoms with Crippen LogP contribution in [0.15, 0.2) is 30.0 Å². The van der Waals surface area contributed by atoms with E-state index < -0.39 is 0 Å². The molecule has 0 radical (unpaired) electrons. The summed E-state index contributed by atoms with van der Waals surface area (Å²) in [6.07, 6.45) is 4.18. The van der Waals surface area contributed by atoms with E-state index in [2.05, 4.69) is 40.9 Å². The Bertz CT molecular complexity index is 877. The average molecular weight is 355 g/mol. The fourth-order valence-electron chi connectivity index (χ4n) is 2.82. The van der Waals surface area contributed by atoms with Crippen molar-refractivity contribution in [3.8, 4) is 16.2 Å². The van der Waals surface area contributed by atoms with Crippen molar-refractivity contribution in [2.24, 2.45) is 0 Å². The molecule has 0 aliphatic carbocycles. The highest BCUT2D eigenvalue weighted by molar-refractivity contribution is 7.13. The van der Waals surface area contributed by atoms with Crippen LogP contribution in [0.2, 0.25) is 0 Å². The maximum Gasteiger partial charge on any atom is 0.221 e. The van der Waals surface area contributed by atoms with Crippen molar-refractivity contribution in [3.05, 3.63) is 46.7 Å². The lowest BCUT2D eigenvalue weighted by Gasteiger charge is -2.18. The number of nitrogen functional groups attached to an aromatic ring is 2. The van der Waals surface area contributed by atoms with Gasteiger partial charge in [0, 0.05) is 29.9 Å². The summed E-state index contributed by atoms with van der Waals surface area (Å²) in [5.41, 5.74) is 17.7. The van der Waals surface area contributed by atoms with Gasteiger partial charge in [-0.1, -0.05) is 13.8 Å². The van der Waals surface area contributed by atoms with E-state index in [9.17, 15) is 0 Å². The number of anilines is 2. The van der Waals surface area contributed by atoms with Crippen LogP contribution in [0.4, 0.5) is 11.8 Å². The molecule has 1 aromatic carbocycles. The van der Waals surface area contributed by atoms with E-state index in [4.69, 9.17) is 16.2 Å². The van der Waals surface area contributed by atoms with Gasteiger partial charge in [0.1, 0.15) is 11.6 Å². The molecule has 25 heavy (non-hydrogen) atoms. The Morgan fingerprint density at radius 3 is 2.56 bits per heavy atom. The number of hydrogen-bond acceptors (Lipinski definition) is 7. The Kier molecular flexibility index (Phi) is 4.85. The highest BCUT2D eigenvalue weighted by Gasteiger charge is 2.17. The Morgan fingerprint density at radius 2 is 1.96 bits per heavy atom. The lowest BCUT2D eigenvalue weighted by Crippen LogP contribution is -2.06. The summed E-state index contributed by atoms with van der Waals surface area (Å²) in [6, 6.07) is 4.25. The minimum Gasteiger partial charge on any atom is -0.496 e. The van der Waals surface area contributed by atoms with Crippen molar-refractivity contribution in [2.75, 3.05) is 18.6 Å².